The molecule has 1 aliphatic heterocycles. The van der Waals surface area contributed by atoms with E-state index in [1.54, 1.807) is 7.05 Å². The van der Waals surface area contributed by atoms with E-state index in [1.165, 1.54) is 15.2 Å². The summed E-state index contributed by atoms with van der Waals surface area (Å²) in [6.45, 7) is 1.03. The van der Waals surface area contributed by atoms with Gasteiger partial charge in [0.15, 0.2) is 5.82 Å². The van der Waals surface area contributed by atoms with Crippen molar-refractivity contribution in [3.05, 3.63) is 6.20 Å². The van der Waals surface area contributed by atoms with Gasteiger partial charge >= 0.3 is 0 Å². The van der Waals surface area contributed by atoms with Crippen LogP contribution >= 0.6 is 0 Å². The Morgan fingerprint density at radius 2 is 2.15 bits per heavy atom. The van der Waals surface area contributed by atoms with Crippen molar-refractivity contribution in [3.63, 3.8) is 0 Å². The van der Waals surface area contributed by atoms with Crippen molar-refractivity contribution in [2.45, 2.75) is 23.8 Å². The lowest BCUT2D eigenvalue weighted by molar-refractivity contribution is 0.00319. The van der Waals surface area contributed by atoms with E-state index in [-0.39, 0.29) is 30.0 Å². The third-order valence-electron chi connectivity index (χ3n) is 3.29. The molecule has 9 heteroatoms. The van der Waals surface area contributed by atoms with Crippen LogP contribution in [0.5, 0.6) is 0 Å². The number of aryl methyl sites for hydroxylation is 1. The van der Waals surface area contributed by atoms with Crippen LogP contribution in [0.4, 0.5) is 5.82 Å². The zero-order valence-corrected chi connectivity index (χ0v) is 12.2. The van der Waals surface area contributed by atoms with Gasteiger partial charge in [-0.05, 0) is 12.8 Å². The number of sulfonamides is 1. The molecule has 114 valence electrons. The molecule has 0 amide bonds. The molecule has 0 spiro atoms. The maximum absolute atomic E-state index is 12.5. The van der Waals surface area contributed by atoms with Gasteiger partial charge in [0.05, 0.1) is 19.3 Å². The summed E-state index contributed by atoms with van der Waals surface area (Å²) in [6, 6.07) is 0. The number of nitrogens with two attached hydrogens (primary N) is 1. The molecule has 0 bridgehead atoms. The molecule has 0 radical (unpaired) electrons. The molecule has 0 saturated carbocycles. The van der Waals surface area contributed by atoms with Crippen LogP contribution in [0, 0.1) is 0 Å². The predicted octanol–water partition coefficient (Wildman–Crippen LogP) is -0.836. The van der Waals surface area contributed by atoms with Crippen molar-refractivity contribution in [2.75, 3.05) is 32.0 Å². The van der Waals surface area contributed by atoms with Crippen molar-refractivity contribution in [1.29, 1.82) is 0 Å². The normalized spacial score (nSPS) is 18.5. The first-order valence-electron chi connectivity index (χ1n) is 6.47. The number of hydrogen-bond acceptors (Lipinski definition) is 6. The Balaban J connectivity index is 2.04. The molecule has 1 aliphatic rings. The molecule has 2 rings (SSSR count). The van der Waals surface area contributed by atoms with E-state index < -0.39 is 10.0 Å². The van der Waals surface area contributed by atoms with Crippen LogP contribution in [-0.2, 0) is 21.8 Å². The molecule has 0 aliphatic carbocycles. The van der Waals surface area contributed by atoms with E-state index in [0.717, 1.165) is 0 Å². The summed E-state index contributed by atoms with van der Waals surface area (Å²) < 4.78 is 33.1. The average Bonchev–Trinajstić information content (AvgIpc) is 2.76. The Kier molecular flexibility index (Phi) is 4.63. The molecule has 1 aromatic heterocycles. The minimum absolute atomic E-state index is 0.000143. The lowest BCUT2D eigenvalue weighted by Gasteiger charge is -2.30. The number of nitrogens with zero attached hydrogens (tertiary/aromatic N) is 3. The van der Waals surface area contributed by atoms with E-state index >= 15 is 0 Å². The SMILES string of the molecule is Cn1cc(S(=O)(=O)N2CCC(OCCO)CC2)c(N)n1. The molecule has 1 aromatic rings. The van der Waals surface area contributed by atoms with E-state index in [9.17, 15) is 8.42 Å². The zero-order valence-electron chi connectivity index (χ0n) is 11.4. The number of aliphatic hydroxyl groups is 1. The topological polar surface area (TPSA) is 111 Å². The third-order valence-corrected chi connectivity index (χ3v) is 5.20. The Bertz CT molecular complexity index is 549. The quantitative estimate of drug-likeness (QED) is 0.734. The lowest BCUT2D eigenvalue weighted by atomic mass is 10.1. The second-order valence-corrected chi connectivity index (χ2v) is 6.66. The second kappa shape index (κ2) is 6.08. The lowest BCUT2D eigenvalue weighted by Crippen LogP contribution is -2.41. The van der Waals surface area contributed by atoms with E-state index in [1.807, 2.05) is 0 Å². The first-order valence-corrected chi connectivity index (χ1v) is 7.91. The van der Waals surface area contributed by atoms with Gasteiger partial charge in [0.25, 0.3) is 0 Å². The van der Waals surface area contributed by atoms with E-state index in [4.69, 9.17) is 15.6 Å². The summed E-state index contributed by atoms with van der Waals surface area (Å²) in [4.78, 5) is 0.0507. The van der Waals surface area contributed by atoms with Crippen LogP contribution in [0.25, 0.3) is 0 Å². The van der Waals surface area contributed by atoms with Crippen molar-refractivity contribution < 1.29 is 18.3 Å². The number of nitrogen functional groups attached to an aromatic ring is 1. The number of piperidine rings is 1. The Hall–Kier alpha value is -1.16. The maximum Gasteiger partial charge on any atom is 0.248 e. The van der Waals surface area contributed by atoms with Gasteiger partial charge in [-0.1, -0.05) is 0 Å². The van der Waals surface area contributed by atoms with Crippen LogP contribution in [0.2, 0.25) is 0 Å². The van der Waals surface area contributed by atoms with Gasteiger partial charge in [-0.15, -0.1) is 0 Å². The molecule has 8 nitrogen and oxygen atoms in total. The molecule has 0 atom stereocenters. The summed E-state index contributed by atoms with van der Waals surface area (Å²) in [5.41, 5.74) is 5.64. The number of rotatable bonds is 5. The number of hydrogen-bond donors (Lipinski definition) is 2. The van der Waals surface area contributed by atoms with Gasteiger partial charge in [-0.3, -0.25) is 4.68 Å². The summed E-state index contributed by atoms with van der Waals surface area (Å²) in [5.74, 6) is 0.0196. The van der Waals surface area contributed by atoms with Gasteiger partial charge in [0, 0.05) is 26.3 Å². The van der Waals surface area contributed by atoms with Gasteiger partial charge in [0.1, 0.15) is 4.90 Å². The minimum Gasteiger partial charge on any atom is -0.394 e. The van der Waals surface area contributed by atoms with Gasteiger partial charge in [0.2, 0.25) is 10.0 Å². The first kappa shape index (κ1) is 15.2. The molecule has 1 saturated heterocycles. The van der Waals surface area contributed by atoms with Crippen molar-refractivity contribution in [3.8, 4) is 0 Å². The first-order chi connectivity index (χ1) is 9.45. The fourth-order valence-corrected chi connectivity index (χ4v) is 3.84. The fourth-order valence-electron chi connectivity index (χ4n) is 2.28. The smallest absolute Gasteiger partial charge is 0.248 e. The molecule has 0 aromatic carbocycles. The molecule has 0 unspecified atom stereocenters. The molecular formula is C11H20N4O4S. The standard InChI is InChI=1S/C11H20N4O4S/c1-14-8-10(11(12)13-14)20(17,18)15-4-2-9(3-5-15)19-7-6-16/h8-9,16H,2-7H2,1H3,(H2,12,13). The van der Waals surface area contributed by atoms with Crippen LogP contribution in [0.3, 0.4) is 0 Å². The molecular weight excluding hydrogens is 284 g/mol. The number of aromatic nitrogens is 2. The van der Waals surface area contributed by atoms with E-state index in [2.05, 4.69) is 5.10 Å². The Labute approximate surface area is 118 Å². The van der Waals surface area contributed by atoms with Gasteiger partial charge < -0.3 is 15.6 Å². The van der Waals surface area contributed by atoms with Crippen LogP contribution < -0.4 is 5.73 Å². The number of anilines is 1. The molecule has 20 heavy (non-hydrogen) atoms. The fraction of sp³-hybridized carbons (Fsp3) is 0.727. The van der Waals surface area contributed by atoms with Crippen molar-refractivity contribution in [2.24, 2.45) is 7.05 Å². The highest BCUT2D eigenvalue weighted by Gasteiger charge is 2.32. The van der Waals surface area contributed by atoms with Crippen LogP contribution in [-0.4, -0.2) is 60.0 Å². The molecule has 3 N–H and O–H groups in total. The predicted molar refractivity (Wildman–Crippen MR) is 72.4 cm³/mol. The highest BCUT2D eigenvalue weighted by atomic mass is 32.2. The highest BCUT2D eigenvalue weighted by molar-refractivity contribution is 7.89. The van der Waals surface area contributed by atoms with Gasteiger partial charge in [-0.25, -0.2) is 8.42 Å². The van der Waals surface area contributed by atoms with Crippen molar-refractivity contribution >= 4 is 15.8 Å². The zero-order chi connectivity index (χ0) is 14.8. The van der Waals surface area contributed by atoms with E-state index in [0.29, 0.717) is 25.9 Å². The number of ether oxygens (including phenoxy) is 1. The summed E-state index contributed by atoms with van der Waals surface area (Å²) in [7, 11) is -1.97. The van der Waals surface area contributed by atoms with Gasteiger partial charge in [-0.2, -0.15) is 9.40 Å². The minimum atomic E-state index is -3.60. The Morgan fingerprint density at radius 1 is 1.50 bits per heavy atom. The van der Waals surface area contributed by atoms with Crippen LogP contribution in [0.15, 0.2) is 11.1 Å². The highest BCUT2D eigenvalue weighted by Crippen LogP contribution is 2.24. The summed E-state index contributed by atoms with van der Waals surface area (Å²) >= 11 is 0. The molecule has 2 heterocycles. The molecule has 1 fully saturated rings. The second-order valence-electron chi connectivity index (χ2n) is 4.75. The van der Waals surface area contributed by atoms with Crippen molar-refractivity contribution in [1.82, 2.24) is 14.1 Å². The summed E-state index contributed by atoms with van der Waals surface area (Å²) in [6.07, 6.45) is 2.64. The average molecular weight is 304 g/mol. The third kappa shape index (κ3) is 3.11. The monoisotopic (exact) mass is 304 g/mol. The summed E-state index contributed by atoms with van der Waals surface area (Å²) in [5, 5.41) is 12.6. The largest absolute Gasteiger partial charge is 0.394 e. The number of aliphatic hydroxyl groups excluding tert-OH is 1. The van der Waals surface area contributed by atoms with Crippen LogP contribution in [0.1, 0.15) is 12.8 Å². The maximum atomic E-state index is 12.5. The Morgan fingerprint density at radius 3 is 2.65 bits per heavy atom.